The van der Waals surface area contributed by atoms with Gasteiger partial charge in [0.05, 0.1) is 24.8 Å². The molecule has 0 bridgehead atoms. The fraction of sp³-hybridized carbons (Fsp3) is 0.455. The number of ether oxygens (including phenoxy) is 2. The van der Waals surface area contributed by atoms with E-state index in [1.807, 2.05) is 0 Å². The Morgan fingerprint density at radius 2 is 2.14 bits per heavy atom. The number of piperidine rings is 1. The number of benzene rings is 1. The second-order valence-electron chi connectivity index (χ2n) is 7.32. The Kier molecular flexibility index (Phi) is 7.50. The highest BCUT2D eigenvalue weighted by Gasteiger charge is 2.25. The van der Waals surface area contributed by atoms with E-state index >= 15 is 0 Å². The highest BCUT2D eigenvalue weighted by molar-refractivity contribution is 7.10. The van der Waals surface area contributed by atoms with Gasteiger partial charge in [0.1, 0.15) is 0 Å². The molecule has 154 valence electrons. The van der Waals surface area contributed by atoms with E-state index in [0.29, 0.717) is 23.6 Å². The van der Waals surface area contributed by atoms with Gasteiger partial charge in [0, 0.05) is 17.5 Å². The fourth-order valence-electron chi connectivity index (χ4n) is 3.49. The first-order valence-corrected chi connectivity index (χ1v) is 10.7. The van der Waals surface area contributed by atoms with Crippen LogP contribution in [0.15, 0.2) is 35.7 Å². The lowest BCUT2D eigenvalue weighted by atomic mass is 9.97. The predicted octanol–water partition coefficient (Wildman–Crippen LogP) is 3.60. The average Bonchev–Trinajstić information content (AvgIpc) is 3.28. The molecule has 6 nitrogen and oxygen atoms in total. The van der Waals surface area contributed by atoms with Crippen molar-refractivity contribution in [3.63, 3.8) is 0 Å². The number of carbonyl (C=O) groups is 1. The van der Waals surface area contributed by atoms with E-state index < -0.39 is 0 Å². The smallest absolute Gasteiger partial charge is 0.258 e. The Balaban J connectivity index is 1.56. The van der Waals surface area contributed by atoms with Crippen LogP contribution in [0.4, 0.5) is 0 Å². The van der Waals surface area contributed by atoms with Gasteiger partial charge in [-0.15, -0.1) is 11.3 Å². The lowest BCUT2D eigenvalue weighted by Gasteiger charge is -2.36. The Hall–Kier alpha value is -2.56. The maximum absolute atomic E-state index is 12.4. The molecule has 29 heavy (non-hydrogen) atoms. The molecule has 1 unspecified atom stereocenters. The largest absolute Gasteiger partial charge is 0.493 e. The van der Waals surface area contributed by atoms with Crippen LogP contribution < -0.4 is 14.8 Å². The normalized spacial score (nSPS) is 16.0. The number of thiophene rings is 1. The number of carbonyl (C=O) groups excluding carboxylic acids is 1. The highest BCUT2D eigenvalue weighted by atomic mass is 32.1. The molecule has 0 spiro atoms. The average molecular weight is 414 g/mol. The second kappa shape index (κ2) is 10.3. The summed E-state index contributed by atoms with van der Waals surface area (Å²) in [5, 5.41) is 14.1. The number of amides is 1. The van der Waals surface area contributed by atoms with Crippen molar-refractivity contribution in [1.82, 2.24) is 10.2 Å². The van der Waals surface area contributed by atoms with Crippen LogP contribution in [0.3, 0.4) is 0 Å². The summed E-state index contributed by atoms with van der Waals surface area (Å²) < 4.78 is 10.9. The molecular weight excluding hydrogens is 386 g/mol. The van der Waals surface area contributed by atoms with Crippen molar-refractivity contribution in [1.29, 1.82) is 5.26 Å². The van der Waals surface area contributed by atoms with Crippen molar-refractivity contribution in [2.45, 2.75) is 25.8 Å². The quantitative estimate of drug-likeness (QED) is 0.716. The summed E-state index contributed by atoms with van der Waals surface area (Å²) in [5.74, 6) is 1.47. The molecule has 1 aliphatic rings. The molecule has 0 saturated carbocycles. The van der Waals surface area contributed by atoms with E-state index in [0.717, 1.165) is 19.0 Å². The minimum absolute atomic E-state index is 0.101. The lowest BCUT2D eigenvalue weighted by Crippen LogP contribution is -2.42. The number of nitrogens with one attached hydrogen (secondary N) is 1. The van der Waals surface area contributed by atoms with Gasteiger partial charge in [-0.1, -0.05) is 13.0 Å². The molecule has 0 radical (unpaired) electrons. The number of hydrogen-bond donors (Lipinski definition) is 1. The molecule has 1 N–H and O–H groups in total. The van der Waals surface area contributed by atoms with Crippen LogP contribution in [0.1, 0.15) is 36.2 Å². The molecule has 1 aromatic heterocycles. The van der Waals surface area contributed by atoms with Crippen LogP contribution in [0.5, 0.6) is 11.5 Å². The summed E-state index contributed by atoms with van der Waals surface area (Å²) in [7, 11) is 1.51. The van der Waals surface area contributed by atoms with Gasteiger partial charge in [0.25, 0.3) is 5.91 Å². The van der Waals surface area contributed by atoms with E-state index in [-0.39, 0.29) is 18.6 Å². The van der Waals surface area contributed by atoms with Crippen molar-refractivity contribution in [3.05, 3.63) is 46.2 Å². The predicted molar refractivity (Wildman–Crippen MR) is 113 cm³/mol. The van der Waals surface area contributed by atoms with Crippen LogP contribution in [0.25, 0.3) is 0 Å². The van der Waals surface area contributed by atoms with Crippen LogP contribution in [-0.2, 0) is 4.79 Å². The molecule has 0 aliphatic carbocycles. The van der Waals surface area contributed by atoms with Gasteiger partial charge >= 0.3 is 0 Å². The van der Waals surface area contributed by atoms with Gasteiger partial charge in [-0.25, -0.2) is 0 Å². The minimum atomic E-state index is -0.177. The van der Waals surface area contributed by atoms with Crippen LogP contribution in [0, 0.1) is 17.2 Å². The van der Waals surface area contributed by atoms with Crippen LogP contribution >= 0.6 is 11.3 Å². The zero-order chi connectivity index (χ0) is 20.6. The summed E-state index contributed by atoms with van der Waals surface area (Å²) >= 11 is 1.73. The number of nitrogens with zero attached hydrogens (tertiary/aromatic N) is 2. The third kappa shape index (κ3) is 5.72. The Bertz CT molecular complexity index is 839. The standard InChI is InChI=1S/C22H27N3O3S/c1-16-7-9-25(10-8-16)18(21-4-3-11-29-21)14-24-22(26)15-28-19-6-5-17(13-23)12-20(19)27-2/h3-6,11-12,16,18H,7-10,14-15H2,1-2H3,(H,24,26). The first-order chi connectivity index (χ1) is 14.1. The second-order valence-corrected chi connectivity index (χ2v) is 8.30. The Morgan fingerprint density at radius 3 is 2.79 bits per heavy atom. The third-order valence-corrected chi connectivity index (χ3v) is 6.25. The van der Waals surface area contributed by atoms with Crippen LogP contribution in [-0.4, -0.2) is 44.2 Å². The number of rotatable bonds is 8. The van der Waals surface area contributed by atoms with E-state index in [1.54, 1.807) is 29.5 Å². The molecule has 1 atom stereocenters. The summed E-state index contributed by atoms with van der Waals surface area (Å²) in [6.07, 6.45) is 2.38. The van der Waals surface area contributed by atoms with Crippen molar-refractivity contribution in [2.75, 3.05) is 33.4 Å². The van der Waals surface area contributed by atoms with Crippen LogP contribution in [0.2, 0.25) is 0 Å². The first-order valence-electron chi connectivity index (χ1n) is 9.85. The summed E-state index contributed by atoms with van der Waals surface area (Å²) in [6.45, 7) is 4.86. The first kappa shape index (κ1) is 21.2. The molecule has 2 heterocycles. The van der Waals surface area contributed by atoms with E-state index in [2.05, 4.69) is 40.7 Å². The number of likely N-dealkylation sites (tertiary alicyclic amines) is 1. The van der Waals surface area contributed by atoms with E-state index in [9.17, 15) is 4.79 Å². The molecule has 1 aromatic carbocycles. The molecule has 3 rings (SSSR count). The van der Waals surface area contributed by atoms with Crippen molar-refractivity contribution >= 4 is 17.2 Å². The highest BCUT2D eigenvalue weighted by Crippen LogP contribution is 2.29. The molecule has 1 fully saturated rings. The van der Waals surface area contributed by atoms with Crippen molar-refractivity contribution in [2.24, 2.45) is 5.92 Å². The molecule has 1 saturated heterocycles. The van der Waals surface area contributed by atoms with Gasteiger partial charge in [0.15, 0.2) is 18.1 Å². The van der Waals surface area contributed by atoms with Crippen molar-refractivity contribution in [3.8, 4) is 17.6 Å². The summed E-state index contributed by atoms with van der Waals surface area (Å²) in [5.41, 5.74) is 0.480. The maximum Gasteiger partial charge on any atom is 0.258 e. The number of methoxy groups -OCH3 is 1. The third-order valence-electron chi connectivity index (χ3n) is 5.27. The maximum atomic E-state index is 12.4. The van der Waals surface area contributed by atoms with Crippen molar-refractivity contribution < 1.29 is 14.3 Å². The lowest BCUT2D eigenvalue weighted by molar-refractivity contribution is -0.123. The topological polar surface area (TPSA) is 74.6 Å². The number of hydrogen-bond acceptors (Lipinski definition) is 6. The van der Waals surface area contributed by atoms with Gasteiger partial charge in [-0.05, 0) is 55.4 Å². The SMILES string of the molecule is COc1cc(C#N)ccc1OCC(=O)NCC(c1cccs1)N1CCC(C)CC1. The molecule has 2 aromatic rings. The molecule has 1 aliphatic heterocycles. The van der Waals surface area contributed by atoms with Gasteiger partial charge in [-0.3, -0.25) is 9.69 Å². The minimum Gasteiger partial charge on any atom is -0.493 e. The van der Waals surface area contributed by atoms with Gasteiger partial charge < -0.3 is 14.8 Å². The van der Waals surface area contributed by atoms with E-state index in [1.165, 1.54) is 24.8 Å². The molecule has 7 heteroatoms. The zero-order valence-electron chi connectivity index (χ0n) is 16.9. The monoisotopic (exact) mass is 413 g/mol. The molecule has 1 amide bonds. The Morgan fingerprint density at radius 1 is 1.34 bits per heavy atom. The zero-order valence-corrected chi connectivity index (χ0v) is 17.7. The molecular formula is C22H27N3O3S. The number of nitriles is 1. The Labute approximate surface area is 176 Å². The van der Waals surface area contributed by atoms with Gasteiger partial charge in [-0.2, -0.15) is 5.26 Å². The fourth-order valence-corrected chi connectivity index (χ4v) is 4.35. The van der Waals surface area contributed by atoms with Gasteiger partial charge in [0.2, 0.25) is 0 Å². The van der Waals surface area contributed by atoms with E-state index in [4.69, 9.17) is 14.7 Å². The summed E-state index contributed by atoms with van der Waals surface area (Å²) in [4.78, 5) is 16.1. The summed E-state index contributed by atoms with van der Waals surface area (Å²) in [6, 6.07) is 11.3.